The van der Waals surface area contributed by atoms with Gasteiger partial charge in [-0.1, -0.05) is 26.0 Å². The molecule has 1 aliphatic rings. The van der Waals surface area contributed by atoms with E-state index in [9.17, 15) is 4.39 Å². The minimum atomic E-state index is -0.0908. The fourth-order valence-corrected chi connectivity index (χ4v) is 3.31. The number of nitrogens with zero attached hydrogens (tertiary/aromatic N) is 1. The lowest BCUT2D eigenvalue weighted by atomic mass is 9.86. The van der Waals surface area contributed by atoms with Crippen LogP contribution in [0.5, 0.6) is 0 Å². The van der Waals surface area contributed by atoms with Gasteiger partial charge in [0.05, 0.1) is 5.69 Å². The number of nitrogens with one attached hydrogen (secondary N) is 1. The van der Waals surface area contributed by atoms with E-state index in [-0.39, 0.29) is 5.82 Å². The van der Waals surface area contributed by atoms with Gasteiger partial charge in [0.25, 0.3) is 0 Å². The molecule has 1 saturated carbocycles. The zero-order chi connectivity index (χ0) is 15.2. The Labute approximate surface area is 128 Å². The Hall–Kier alpha value is -1.09. The van der Waals surface area contributed by atoms with Crippen molar-refractivity contribution in [3.05, 3.63) is 29.6 Å². The van der Waals surface area contributed by atoms with Crippen LogP contribution in [-0.2, 0) is 6.54 Å². The highest BCUT2D eigenvalue weighted by Gasteiger charge is 2.24. The first kappa shape index (κ1) is 16.3. The Morgan fingerprint density at radius 3 is 2.62 bits per heavy atom. The summed E-state index contributed by atoms with van der Waals surface area (Å²) in [6, 6.07) is 5.92. The number of hydrogen-bond donors (Lipinski definition) is 1. The molecule has 0 radical (unpaired) electrons. The zero-order valence-electron chi connectivity index (χ0n) is 13.7. The van der Waals surface area contributed by atoms with Crippen molar-refractivity contribution in [2.24, 2.45) is 5.92 Å². The van der Waals surface area contributed by atoms with E-state index in [1.54, 1.807) is 6.07 Å². The number of anilines is 1. The first-order valence-electron chi connectivity index (χ1n) is 8.34. The van der Waals surface area contributed by atoms with Crippen molar-refractivity contribution in [1.82, 2.24) is 5.32 Å². The number of hydrogen-bond acceptors (Lipinski definition) is 2. The zero-order valence-corrected chi connectivity index (χ0v) is 13.7. The molecular weight excluding hydrogens is 263 g/mol. The molecule has 0 bridgehead atoms. The molecule has 2 nitrogen and oxygen atoms in total. The smallest absolute Gasteiger partial charge is 0.146 e. The molecule has 1 N–H and O–H groups in total. The molecule has 0 heterocycles. The molecular formula is C18H29FN2. The van der Waals surface area contributed by atoms with Crippen molar-refractivity contribution in [3.63, 3.8) is 0 Å². The summed E-state index contributed by atoms with van der Waals surface area (Å²) in [6.45, 7) is 6.18. The number of para-hydroxylation sites is 1. The second-order valence-corrected chi connectivity index (χ2v) is 6.45. The summed E-state index contributed by atoms with van der Waals surface area (Å²) >= 11 is 0. The Kier molecular flexibility index (Phi) is 6.04. The normalized spacial score (nSPS) is 22.3. The van der Waals surface area contributed by atoms with Gasteiger partial charge in [-0.2, -0.15) is 0 Å². The van der Waals surface area contributed by atoms with Crippen LogP contribution in [0.2, 0.25) is 0 Å². The lowest BCUT2D eigenvalue weighted by Crippen LogP contribution is -2.36. The molecule has 21 heavy (non-hydrogen) atoms. The van der Waals surface area contributed by atoms with E-state index in [4.69, 9.17) is 0 Å². The minimum Gasteiger partial charge on any atom is -0.369 e. The summed E-state index contributed by atoms with van der Waals surface area (Å²) in [4.78, 5) is 2.18. The van der Waals surface area contributed by atoms with Gasteiger partial charge >= 0.3 is 0 Å². The van der Waals surface area contributed by atoms with E-state index in [2.05, 4.69) is 31.1 Å². The van der Waals surface area contributed by atoms with Crippen LogP contribution in [0, 0.1) is 11.7 Å². The Morgan fingerprint density at radius 2 is 1.95 bits per heavy atom. The monoisotopic (exact) mass is 292 g/mol. The first-order valence-corrected chi connectivity index (χ1v) is 8.34. The molecule has 1 aliphatic carbocycles. The van der Waals surface area contributed by atoms with Crippen LogP contribution in [0.4, 0.5) is 10.1 Å². The fraction of sp³-hybridized carbons (Fsp3) is 0.667. The highest BCUT2D eigenvalue weighted by atomic mass is 19.1. The van der Waals surface area contributed by atoms with Crippen LogP contribution in [0.1, 0.15) is 51.5 Å². The van der Waals surface area contributed by atoms with Gasteiger partial charge in [-0.05, 0) is 56.2 Å². The maximum absolute atomic E-state index is 14.4. The summed E-state index contributed by atoms with van der Waals surface area (Å²) < 4.78 is 14.4. The molecule has 1 fully saturated rings. The molecule has 0 saturated heterocycles. The van der Waals surface area contributed by atoms with Crippen LogP contribution in [-0.4, -0.2) is 19.6 Å². The largest absolute Gasteiger partial charge is 0.369 e. The highest BCUT2D eigenvalue weighted by Crippen LogP contribution is 2.32. The third-order valence-electron chi connectivity index (χ3n) is 4.70. The molecule has 0 unspecified atom stereocenters. The van der Waals surface area contributed by atoms with Crippen molar-refractivity contribution in [2.45, 2.75) is 58.5 Å². The molecule has 0 atom stereocenters. The van der Waals surface area contributed by atoms with Crippen LogP contribution in [0.25, 0.3) is 0 Å². The second-order valence-electron chi connectivity index (χ2n) is 6.45. The molecule has 2 rings (SSSR count). The second kappa shape index (κ2) is 7.79. The van der Waals surface area contributed by atoms with Crippen molar-refractivity contribution in [2.75, 3.05) is 18.5 Å². The summed E-state index contributed by atoms with van der Waals surface area (Å²) in [7, 11) is 2.06. The van der Waals surface area contributed by atoms with Gasteiger partial charge in [0, 0.05) is 19.6 Å². The van der Waals surface area contributed by atoms with Gasteiger partial charge in [0.2, 0.25) is 0 Å². The summed E-state index contributed by atoms with van der Waals surface area (Å²) in [5, 5.41) is 3.39. The third-order valence-corrected chi connectivity index (χ3v) is 4.70. The number of rotatable bonds is 6. The molecule has 118 valence electrons. The van der Waals surface area contributed by atoms with Gasteiger partial charge in [-0.3, -0.25) is 0 Å². The molecule has 1 aromatic rings. The summed E-state index contributed by atoms with van der Waals surface area (Å²) in [6.07, 6.45) is 5.96. The molecule has 0 aromatic heterocycles. The molecule has 3 heteroatoms. The fourth-order valence-electron chi connectivity index (χ4n) is 3.31. The first-order chi connectivity index (χ1) is 10.1. The van der Waals surface area contributed by atoms with Gasteiger partial charge < -0.3 is 10.2 Å². The van der Waals surface area contributed by atoms with Gasteiger partial charge in [-0.25, -0.2) is 4.39 Å². The third kappa shape index (κ3) is 4.19. The van der Waals surface area contributed by atoms with E-state index in [0.29, 0.717) is 6.04 Å². The van der Waals surface area contributed by atoms with E-state index in [1.807, 2.05) is 12.1 Å². The molecule has 0 aliphatic heterocycles. The lowest BCUT2D eigenvalue weighted by Gasteiger charge is -2.36. The van der Waals surface area contributed by atoms with E-state index < -0.39 is 0 Å². The van der Waals surface area contributed by atoms with Gasteiger partial charge in [-0.15, -0.1) is 0 Å². The summed E-state index contributed by atoms with van der Waals surface area (Å²) in [5.41, 5.74) is 1.87. The standard InChI is InChI=1S/C18H29FN2/c1-4-12-20-13-15-6-5-7-17(19)18(15)21(3)16-10-8-14(2)9-11-16/h5-7,14,16,20H,4,8-13H2,1-3H3. The Morgan fingerprint density at radius 1 is 1.24 bits per heavy atom. The van der Waals surface area contributed by atoms with Crippen molar-refractivity contribution in [1.29, 1.82) is 0 Å². The summed E-state index contributed by atoms with van der Waals surface area (Å²) in [5.74, 6) is 0.730. The topological polar surface area (TPSA) is 15.3 Å². The average Bonchev–Trinajstić information content (AvgIpc) is 2.48. The quantitative estimate of drug-likeness (QED) is 0.785. The predicted molar refractivity (Wildman–Crippen MR) is 88.2 cm³/mol. The molecule has 1 aromatic carbocycles. The van der Waals surface area contributed by atoms with Crippen molar-refractivity contribution < 1.29 is 4.39 Å². The van der Waals surface area contributed by atoms with Crippen molar-refractivity contribution >= 4 is 5.69 Å². The minimum absolute atomic E-state index is 0.0908. The Bertz CT molecular complexity index is 439. The average molecular weight is 292 g/mol. The predicted octanol–water partition coefficient (Wildman–Crippen LogP) is 4.34. The Balaban J connectivity index is 2.12. The van der Waals surface area contributed by atoms with E-state index in [1.165, 1.54) is 25.7 Å². The molecule has 0 spiro atoms. The van der Waals surface area contributed by atoms with Crippen LogP contribution >= 0.6 is 0 Å². The lowest BCUT2D eigenvalue weighted by molar-refractivity contribution is 0.339. The molecule has 0 amide bonds. The van der Waals surface area contributed by atoms with Crippen molar-refractivity contribution in [3.8, 4) is 0 Å². The van der Waals surface area contributed by atoms with Crippen LogP contribution < -0.4 is 10.2 Å². The highest BCUT2D eigenvalue weighted by molar-refractivity contribution is 5.55. The maximum Gasteiger partial charge on any atom is 0.146 e. The van der Waals surface area contributed by atoms with E-state index >= 15 is 0 Å². The SMILES string of the molecule is CCCNCc1cccc(F)c1N(C)C1CCC(C)CC1. The van der Waals surface area contributed by atoms with Gasteiger partial charge in [0.15, 0.2) is 0 Å². The number of benzene rings is 1. The van der Waals surface area contributed by atoms with E-state index in [0.717, 1.165) is 36.7 Å². The maximum atomic E-state index is 14.4. The van der Waals surface area contributed by atoms with Crippen LogP contribution in [0.15, 0.2) is 18.2 Å². The van der Waals surface area contributed by atoms with Gasteiger partial charge in [0.1, 0.15) is 5.82 Å². The number of halogens is 1. The van der Waals surface area contributed by atoms with Crippen LogP contribution in [0.3, 0.4) is 0 Å².